The van der Waals surface area contributed by atoms with Crippen LogP contribution < -0.4 is 10.6 Å². The maximum Gasteiger partial charge on any atom is 0.237 e. The van der Waals surface area contributed by atoms with Gasteiger partial charge in [0.2, 0.25) is 5.91 Å². The molecule has 1 saturated heterocycles. The smallest absolute Gasteiger partial charge is 0.237 e. The molecule has 1 fully saturated rings. The van der Waals surface area contributed by atoms with Crippen molar-refractivity contribution >= 4 is 5.91 Å². The molecule has 1 heterocycles. The summed E-state index contributed by atoms with van der Waals surface area (Å²) < 4.78 is 0. The third-order valence-corrected chi connectivity index (χ3v) is 2.80. The molecule has 1 aliphatic rings. The fourth-order valence-corrected chi connectivity index (χ4v) is 1.76. The first-order valence-corrected chi connectivity index (χ1v) is 6.00. The van der Waals surface area contributed by atoms with Crippen molar-refractivity contribution in [3.8, 4) is 0 Å². The SMILES string of the molecule is CC(C)(C)CCNC1CCCCNC1=O. The van der Waals surface area contributed by atoms with Gasteiger partial charge >= 0.3 is 0 Å². The lowest BCUT2D eigenvalue weighted by molar-refractivity contribution is -0.122. The monoisotopic (exact) mass is 212 g/mol. The van der Waals surface area contributed by atoms with Crippen LogP contribution in [0.5, 0.6) is 0 Å². The number of carbonyl (C=O) groups is 1. The van der Waals surface area contributed by atoms with Crippen LogP contribution in [0.1, 0.15) is 46.5 Å². The summed E-state index contributed by atoms with van der Waals surface area (Å²) in [6.45, 7) is 8.45. The third-order valence-electron chi connectivity index (χ3n) is 2.80. The van der Waals surface area contributed by atoms with Crippen molar-refractivity contribution in [1.29, 1.82) is 0 Å². The van der Waals surface area contributed by atoms with Crippen LogP contribution in [0.3, 0.4) is 0 Å². The van der Waals surface area contributed by atoms with E-state index in [2.05, 4.69) is 31.4 Å². The Morgan fingerprint density at radius 1 is 1.40 bits per heavy atom. The molecule has 3 heteroatoms. The number of carbonyl (C=O) groups excluding carboxylic acids is 1. The van der Waals surface area contributed by atoms with Crippen molar-refractivity contribution in [1.82, 2.24) is 10.6 Å². The molecule has 1 aliphatic heterocycles. The second-order valence-electron chi connectivity index (χ2n) is 5.60. The highest BCUT2D eigenvalue weighted by Crippen LogP contribution is 2.17. The molecule has 0 aromatic rings. The normalized spacial score (nSPS) is 23.4. The zero-order chi connectivity index (χ0) is 11.3. The molecule has 1 unspecified atom stereocenters. The van der Waals surface area contributed by atoms with E-state index in [1.807, 2.05) is 0 Å². The molecule has 0 radical (unpaired) electrons. The van der Waals surface area contributed by atoms with Crippen LogP contribution in [-0.2, 0) is 4.79 Å². The Bertz CT molecular complexity index is 208. The Hall–Kier alpha value is -0.570. The summed E-state index contributed by atoms with van der Waals surface area (Å²) in [6.07, 6.45) is 4.35. The predicted octanol–water partition coefficient (Wildman–Crippen LogP) is 1.68. The average Bonchev–Trinajstić information content (AvgIpc) is 2.30. The summed E-state index contributed by atoms with van der Waals surface area (Å²) in [5.74, 6) is 0.182. The molecule has 0 aromatic carbocycles. The first kappa shape index (κ1) is 12.5. The molecule has 0 aliphatic carbocycles. The second-order valence-corrected chi connectivity index (χ2v) is 5.60. The van der Waals surface area contributed by atoms with Gasteiger partial charge in [-0.05, 0) is 37.6 Å². The van der Waals surface area contributed by atoms with Gasteiger partial charge in [-0.15, -0.1) is 0 Å². The summed E-state index contributed by atoms with van der Waals surface area (Å²) in [4.78, 5) is 11.6. The minimum absolute atomic E-state index is 0.0369. The lowest BCUT2D eigenvalue weighted by Crippen LogP contribution is -2.43. The molecule has 3 nitrogen and oxygen atoms in total. The number of nitrogens with one attached hydrogen (secondary N) is 2. The highest BCUT2D eigenvalue weighted by Gasteiger charge is 2.20. The fourth-order valence-electron chi connectivity index (χ4n) is 1.76. The topological polar surface area (TPSA) is 41.1 Å². The second kappa shape index (κ2) is 5.50. The van der Waals surface area contributed by atoms with E-state index >= 15 is 0 Å². The minimum atomic E-state index is 0.0369. The number of amides is 1. The average molecular weight is 212 g/mol. The van der Waals surface area contributed by atoms with Gasteiger partial charge in [-0.25, -0.2) is 0 Å². The van der Waals surface area contributed by atoms with Crippen molar-refractivity contribution in [3.05, 3.63) is 0 Å². The Labute approximate surface area is 93.0 Å². The molecule has 1 rings (SSSR count). The van der Waals surface area contributed by atoms with Crippen LogP contribution in [0.4, 0.5) is 0 Å². The summed E-state index contributed by atoms with van der Waals surface area (Å²) in [7, 11) is 0. The predicted molar refractivity (Wildman–Crippen MR) is 62.7 cm³/mol. The molecule has 0 aromatic heterocycles. The Morgan fingerprint density at radius 3 is 2.80 bits per heavy atom. The Balaban J connectivity index is 2.27. The lowest BCUT2D eigenvalue weighted by Gasteiger charge is -2.21. The first-order valence-electron chi connectivity index (χ1n) is 6.00. The molecule has 1 amide bonds. The highest BCUT2D eigenvalue weighted by atomic mass is 16.2. The summed E-state index contributed by atoms with van der Waals surface area (Å²) in [5.41, 5.74) is 0.341. The molecule has 0 saturated carbocycles. The zero-order valence-electron chi connectivity index (χ0n) is 10.2. The zero-order valence-corrected chi connectivity index (χ0v) is 10.2. The van der Waals surface area contributed by atoms with E-state index in [1.165, 1.54) is 0 Å². The van der Waals surface area contributed by atoms with Crippen LogP contribution in [0, 0.1) is 5.41 Å². The maximum atomic E-state index is 11.6. The number of hydrogen-bond acceptors (Lipinski definition) is 2. The van der Waals surface area contributed by atoms with Gasteiger partial charge in [0.05, 0.1) is 6.04 Å². The summed E-state index contributed by atoms with van der Waals surface area (Å²) in [5, 5.41) is 6.30. The molecular formula is C12H24N2O. The van der Waals surface area contributed by atoms with E-state index in [0.29, 0.717) is 5.41 Å². The van der Waals surface area contributed by atoms with Crippen molar-refractivity contribution in [2.45, 2.75) is 52.5 Å². The molecular weight excluding hydrogens is 188 g/mol. The maximum absolute atomic E-state index is 11.6. The Morgan fingerprint density at radius 2 is 2.13 bits per heavy atom. The summed E-state index contributed by atoms with van der Waals surface area (Å²) in [6, 6.07) is 0.0369. The van der Waals surface area contributed by atoms with E-state index in [1.54, 1.807) is 0 Å². The van der Waals surface area contributed by atoms with E-state index < -0.39 is 0 Å². The number of hydrogen-bond donors (Lipinski definition) is 2. The van der Waals surface area contributed by atoms with Crippen molar-refractivity contribution in [2.75, 3.05) is 13.1 Å². The van der Waals surface area contributed by atoms with Crippen molar-refractivity contribution in [2.24, 2.45) is 5.41 Å². The quantitative estimate of drug-likeness (QED) is 0.747. The molecule has 0 bridgehead atoms. The fraction of sp³-hybridized carbons (Fsp3) is 0.917. The van der Waals surface area contributed by atoms with Gasteiger partial charge in [-0.1, -0.05) is 20.8 Å². The molecule has 0 spiro atoms. The molecule has 15 heavy (non-hydrogen) atoms. The van der Waals surface area contributed by atoms with Crippen molar-refractivity contribution in [3.63, 3.8) is 0 Å². The van der Waals surface area contributed by atoms with Gasteiger partial charge in [-0.3, -0.25) is 4.79 Å². The van der Waals surface area contributed by atoms with Gasteiger partial charge in [0, 0.05) is 6.54 Å². The van der Waals surface area contributed by atoms with Gasteiger partial charge in [0.1, 0.15) is 0 Å². The van der Waals surface area contributed by atoms with Crippen LogP contribution in [0.15, 0.2) is 0 Å². The van der Waals surface area contributed by atoms with Gasteiger partial charge < -0.3 is 10.6 Å². The largest absolute Gasteiger partial charge is 0.355 e. The molecule has 88 valence electrons. The van der Waals surface area contributed by atoms with E-state index in [9.17, 15) is 4.79 Å². The standard InChI is InChI=1S/C12H24N2O/c1-12(2,3)7-9-13-10-6-4-5-8-14-11(10)15/h10,13H,4-9H2,1-3H3,(H,14,15). The van der Waals surface area contributed by atoms with E-state index in [-0.39, 0.29) is 11.9 Å². The number of rotatable bonds is 3. The van der Waals surface area contributed by atoms with Crippen LogP contribution in [0.2, 0.25) is 0 Å². The van der Waals surface area contributed by atoms with E-state index in [0.717, 1.165) is 38.8 Å². The van der Waals surface area contributed by atoms with Crippen LogP contribution in [0.25, 0.3) is 0 Å². The minimum Gasteiger partial charge on any atom is -0.355 e. The third kappa shape index (κ3) is 5.17. The van der Waals surface area contributed by atoms with Gasteiger partial charge in [0.25, 0.3) is 0 Å². The van der Waals surface area contributed by atoms with Crippen LogP contribution in [-0.4, -0.2) is 25.0 Å². The molecule has 1 atom stereocenters. The highest BCUT2D eigenvalue weighted by molar-refractivity contribution is 5.81. The van der Waals surface area contributed by atoms with Gasteiger partial charge in [0.15, 0.2) is 0 Å². The van der Waals surface area contributed by atoms with Crippen LogP contribution >= 0.6 is 0 Å². The van der Waals surface area contributed by atoms with E-state index in [4.69, 9.17) is 0 Å². The lowest BCUT2D eigenvalue weighted by atomic mass is 9.92. The summed E-state index contributed by atoms with van der Waals surface area (Å²) >= 11 is 0. The van der Waals surface area contributed by atoms with Gasteiger partial charge in [-0.2, -0.15) is 0 Å². The molecule has 2 N–H and O–H groups in total. The first-order chi connectivity index (χ1) is 6.99. The Kier molecular flexibility index (Phi) is 4.58. The van der Waals surface area contributed by atoms with Crippen molar-refractivity contribution < 1.29 is 4.79 Å².